The molecule has 29 heavy (non-hydrogen) atoms. The molecule has 0 amide bonds. The average Bonchev–Trinajstić information content (AvgIpc) is 2.90. The number of hydrogen-bond donors (Lipinski definition) is 0. The van der Waals surface area contributed by atoms with Crippen LogP contribution in [0.5, 0.6) is 0 Å². The lowest BCUT2D eigenvalue weighted by atomic mass is 9.65. The molecule has 2 aliphatic rings. The maximum Gasteiger partial charge on any atom is 0.0676 e. The fourth-order valence-electron chi connectivity index (χ4n) is 4.89. The summed E-state index contributed by atoms with van der Waals surface area (Å²) < 4.78 is 0. The standard InChI is InChI=1S/C29H28/c1-4-13-25-26-20-19-22(3)21-28(26)29(27(25)14-5-2,24-17-11-8-12-18-24)23-15-9-6-7-10-16-23/h4-12,14-15,17-21H,1,13,16H2,2-3H3/b14-5-. The summed E-state index contributed by atoms with van der Waals surface area (Å²) in [5, 5.41) is 0. The summed E-state index contributed by atoms with van der Waals surface area (Å²) in [6.45, 7) is 8.37. The second kappa shape index (κ2) is 8.09. The van der Waals surface area contributed by atoms with Gasteiger partial charge in [-0.1, -0.05) is 103 Å². The van der Waals surface area contributed by atoms with E-state index >= 15 is 0 Å². The molecule has 0 nitrogen and oxygen atoms in total. The molecule has 1 unspecified atom stereocenters. The summed E-state index contributed by atoms with van der Waals surface area (Å²) in [6.07, 6.45) is 19.4. The number of benzene rings is 2. The molecule has 1 atom stereocenters. The fourth-order valence-corrected chi connectivity index (χ4v) is 4.89. The van der Waals surface area contributed by atoms with Crippen LogP contribution in [-0.4, -0.2) is 0 Å². The van der Waals surface area contributed by atoms with E-state index in [1.165, 1.54) is 39.0 Å². The number of aryl methyl sites for hydroxylation is 1. The first kappa shape index (κ1) is 19.2. The molecule has 144 valence electrons. The summed E-state index contributed by atoms with van der Waals surface area (Å²) in [5.41, 5.74) is 9.25. The Morgan fingerprint density at radius 1 is 1.03 bits per heavy atom. The van der Waals surface area contributed by atoms with E-state index in [0.29, 0.717) is 0 Å². The molecule has 4 rings (SSSR count). The van der Waals surface area contributed by atoms with Gasteiger partial charge in [0.05, 0.1) is 5.41 Å². The van der Waals surface area contributed by atoms with Gasteiger partial charge in [0, 0.05) is 0 Å². The summed E-state index contributed by atoms with van der Waals surface area (Å²) in [5.74, 6) is 0. The van der Waals surface area contributed by atoms with Gasteiger partial charge in [0.1, 0.15) is 0 Å². The third kappa shape index (κ3) is 3.09. The van der Waals surface area contributed by atoms with Gasteiger partial charge >= 0.3 is 0 Å². The van der Waals surface area contributed by atoms with E-state index in [0.717, 1.165) is 12.8 Å². The molecule has 0 heterocycles. The molecule has 0 bridgehead atoms. The van der Waals surface area contributed by atoms with Gasteiger partial charge in [-0.2, -0.15) is 0 Å². The zero-order valence-corrected chi connectivity index (χ0v) is 17.4. The molecule has 2 aliphatic carbocycles. The average molecular weight is 377 g/mol. The molecule has 0 saturated carbocycles. The lowest BCUT2D eigenvalue weighted by Gasteiger charge is -2.37. The fraction of sp³-hybridized carbons (Fsp3) is 0.172. The molecule has 0 aromatic heterocycles. The highest BCUT2D eigenvalue weighted by molar-refractivity contribution is 5.88. The summed E-state index contributed by atoms with van der Waals surface area (Å²) in [7, 11) is 0. The second-order valence-electron chi connectivity index (χ2n) is 7.76. The molecule has 0 fully saturated rings. The van der Waals surface area contributed by atoms with Crippen LogP contribution >= 0.6 is 0 Å². The maximum absolute atomic E-state index is 4.06. The van der Waals surface area contributed by atoms with Gasteiger partial charge < -0.3 is 0 Å². The van der Waals surface area contributed by atoms with E-state index in [9.17, 15) is 0 Å². The van der Waals surface area contributed by atoms with Gasteiger partial charge in [0.15, 0.2) is 0 Å². The van der Waals surface area contributed by atoms with Crippen molar-refractivity contribution >= 4 is 5.57 Å². The maximum atomic E-state index is 4.06. The molecule has 0 radical (unpaired) electrons. The Morgan fingerprint density at radius 2 is 1.86 bits per heavy atom. The monoisotopic (exact) mass is 376 g/mol. The van der Waals surface area contributed by atoms with Crippen molar-refractivity contribution in [3.8, 4) is 0 Å². The zero-order valence-electron chi connectivity index (χ0n) is 17.4. The lowest BCUT2D eigenvalue weighted by Crippen LogP contribution is -2.30. The van der Waals surface area contributed by atoms with Crippen molar-refractivity contribution in [3.63, 3.8) is 0 Å². The van der Waals surface area contributed by atoms with Gasteiger partial charge in [-0.05, 0) is 60.1 Å². The molecule has 0 heteroatoms. The number of rotatable bonds is 5. The summed E-state index contributed by atoms with van der Waals surface area (Å²) >= 11 is 0. The van der Waals surface area contributed by atoms with Crippen LogP contribution in [0, 0.1) is 6.92 Å². The van der Waals surface area contributed by atoms with E-state index in [1.807, 2.05) is 6.08 Å². The topological polar surface area (TPSA) is 0 Å². The van der Waals surface area contributed by atoms with Crippen LogP contribution < -0.4 is 0 Å². The van der Waals surface area contributed by atoms with Crippen LogP contribution in [0.2, 0.25) is 0 Å². The Morgan fingerprint density at radius 3 is 2.62 bits per heavy atom. The van der Waals surface area contributed by atoms with E-state index in [-0.39, 0.29) is 5.41 Å². The Hall–Kier alpha value is -3.12. The quantitative estimate of drug-likeness (QED) is 0.470. The molecule has 0 spiro atoms. The first-order valence-corrected chi connectivity index (χ1v) is 10.4. The van der Waals surface area contributed by atoms with Crippen LogP contribution in [-0.2, 0) is 5.41 Å². The predicted molar refractivity (Wildman–Crippen MR) is 126 cm³/mol. The van der Waals surface area contributed by atoms with Gasteiger partial charge in [0.25, 0.3) is 0 Å². The van der Waals surface area contributed by atoms with E-state index in [1.54, 1.807) is 0 Å². The van der Waals surface area contributed by atoms with Gasteiger partial charge in [-0.15, -0.1) is 6.58 Å². The molecule has 2 aromatic carbocycles. The molecular formula is C29H28. The Bertz CT molecular complexity index is 1070. The largest absolute Gasteiger partial charge is 0.103 e. The minimum atomic E-state index is -0.285. The van der Waals surface area contributed by atoms with Crippen molar-refractivity contribution in [1.82, 2.24) is 0 Å². The molecule has 0 N–H and O–H groups in total. The summed E-state index contributed by atoms with van der Waals surface area (Å²) in [6, 6.07) is 17.9. The Kier molecular flexibility index (Phi) is 5.36. The molecule has 0 saturated heterocycles. The van der Waals surface area contributed by atoms with Crippen LogP contribution in [0.1, 0.15) is 42.0 Å². The minimum absolute atomic E-state index is 0.285. The van der Waals surface area contributed by atoms with Crippen molar-refractivity contribution in [1.29, 1.82) is 0 Å². The van der Waals surface area contributed by atoms with Crippen molar-refractivity contribution in [3.05, 3.63) is 137 Å². The second-order valence-corrected chi connectivity index (χ2v) is 7.76. The van der Waals surface area contributed by atoms with E-state index in [4.69, 9.17) is 0 Å². The highest BCUT2D eigenvalue weighted by atomic mass is 14.5. The van der Waals surface area contributed by atoms with Crippen LogP contribution in [0.3, 0.4) is 0 Å². The van der Waals surface area contributed by atoms with Crippen LogP contribution in [0.15, 0.2) is 115 Å². The Balaban J connectivity index is 2.17. The molecule has 2 aromatic rings. The smallest absolute Gasteiger partial charge is 0.0676 e. The Labute approximate surface area is 175 Å². The normalized spacial score (nSPS) is 20.7. The highest BCUT2D eigenvalue weighted by Crippen LogP contribution is 2.57. The van der Waals surface area contributed by atoms with Crippen LogP contribution in [0.4, 0.5) is 0 Å². The zero-order chi connectivity index (χ0) is 20.3. The highest BCUT2D eigenvalue weighted by Gasteiger charge is 2.47. The number of allylic oxidation sites excluding steroid dienone is 11. The van der Waals surface area contributed by atoms with Crippen molar-refractivity contribution in [2.75, 3.05) is 0 Å². The van der Waals surface area contributed by atoms with Gasteiger partial charge in [0.2, 0.25) is 0 Å². The number of fused-ring (bicyclic) bond motifs is 1. The van der Waals surface area contributed by atoms with E-state index in [2.05, 4.69) is 111 Å². The minimum Gasteiger partial charge on any atom is -0.103 e. The number of hydrogen-bond acceptors (Lipinski definition) is 0. The van der Waals surface area contributed by atoms with Crippen molar-refractivity contribution in [2.24, 2.45) is 0 Å². The lowest BCUT2D eigenvalue weighted by molar-refractivity contribution is 0.719. The third-order valence-corrected chi connectivity index (χ3v) is 6.00. The molecular weight excluding hydrogens is 348 g/mol. The predicted octanol–water partition coefficient (Wildman–Crippen LogP) is 7.64. The first-order chi connectivity index (χ1) is 14.2. The van der Waals surface area contributed by atoms with Crippen molar-refractivity contribution in [2.45, 2.75) is 32.1 Å². The summed E-state index contributed by atoms with van der Waals surface area (Å²) in [4.78, 5) is 0. The van der Waals surface area contributed by atoms with Gasteiger partial charge in [-0.25, -0.2) is 0 Å². The van der Waals surface area contributed by atoms with Crippen molar-refractivity contribution < 1.29 is 0 Å². The SMILES string of the molecule is C=CCC1=C(/C=C\C)C(C2=CC=CC=CC2)(c2ccccc2)c2cc(C)ccc21. The first-order valence-electron chi connectivity index (χ1n) is 10.4. The van der Waals surface area contributed by atoms with E-state index < -0.39 is 0 Å². The molecule has 0 aliphatic heterocycles. The van der Waals surface area contributed by atoms with Gasteiger partial charge in [-0.3, -0.25) is 0 Å². The van der Waals surface area contributed by atoms with Crippen LogP contribution in [0.25, 0.3) is 5.57 Å². The third-order valence-electron chi connectivity index (χ3n) is 6.00.